The maximum atomic E-state index is 12.4. The highest BCUT2D eigenvalue weighted by molar-refractivity contribution is 5.86. The molecule has 18 heavy (non-hydrogen) atoms. The maximum Gasteiger partial charge on any atom is 0.255 e. The van der Waals surface area contributed by atoms with Crippen molar-refractivity contribution in [2.24, 2.45) is 5.41 Å². The second-order valence-corrected chi connectivity index (χ2v) is 6.75. The molecule has 0 radical (unpaired) electrons. The molecule has 0 spiro atoms. The van der Waals surface area contributed by atoms with Crippen LogP contribution in [0.1, 0.15) is 40.5 Å². The minimum atomic E-state index is -1.19. The third kappa shape index (κ3) is 3.95. The van der Waals surface area contributed by atoms with Crippen LogP contribution in [0.4, 0.5) is 0 Å². The zero-order valence-electron chi connectivity index (χ0n) is 12.5. The van der Waals surface area contributed by atoms with Crippen molar-refractivity contribution in [2.45, 2.75) is 46.1 Å². The van der Waals surface area contributed by atoms with E-state index in [1.807, 2.05) is 23.8 Å². The fourth-order valence-electron chi connectivity index (χ4n) is 2.49. The smallest absolute Gasteiger partial charge is 0.255 e. The summed E-state index contributed by atoms with van der Waals surface area (Å²) in [6, 6.07) is 0. The van der Waals surface area contributed by atoms with Gasteiger partial charge in [0.25, 0.3) is 5.91 Å². The predicted octanol–water partition coefficient (Wildman–Crippen LogP) is 1.34. The monoisotopic (exact) mass is 256 g/mol. The van der Waals surface area contributed by atoms with E-state index < -0.39 is 5.60 Å². The number of likely N-dealkylation sites (tertiary alicyclic amines) is 1. The lowest BCUT2D eigenvalue weighted by molar-refractivity contribution is -0.160. The molecule has 1 atom stereocenters. The molecule has 0 aliphatic carbocycles. The van der Waals surface area contributed by atoms with Crippen molar-refractivity contribution < 1.29 is 9.90 Å². The van der Waals surface area contributed by atoms with Gasteiger partial charge in [-0.3, -0.25) is 4.79 Å². The van der Waals surface area contributed by atoms with Gasteiger partial charge in [-0.1, -0.05) is 27.7 Å². The van der Waals surface area contributed by atoms with Crippen molar-refractivity contribution in [2.75, 3.05) is 33.2 Å². The molecule has 1 fully saturated rings. The van der Waals surface area contributed by atoms with Gasteiger partial charge in [0, 0.05) is 19.6 Å². The van der Waals surface area contributed by atoms with Gasteiger partial charge in [-0.25, -0.2) is 0 Å². The first kappa shape index (κ1) is 15.4. The van der Waals surface area contributed by atoms with Gasteiger partial charge in [0.05, 0.1) is 0 Å². The highest BCUT2D eigenvalue weighted by atomic mass is 16.3. The molecule has 0 aromatic carbocycles. The molecule has 0 aromatic rings. The molecule has 1 aliphatic rings. The Bertz CT molecular complexity index is 299. The van der Waals surface area contributed by atoms with E-state index in [-0.39, 0.29) is 11.3 Å². The van der Waals surface area contributed by atoms with Crippen molar-refractivity contribution in [1.82, 2.24) is 9.80 Å². The van der Waals surface area contributed by atoms with E-state index in [1.165, 1.54) is 0 Å². The van der Waals surface area contributed by atoms with Crippen LogP contribution in [0.2, 0.25) is 0 Å². The number of carbonyl (C=O) groups is 1. The Kier molecular flexibility index (Phi) is 4.78. The molecule has 1 N–H and O–H groups in total. The van der Waals surface area contributed by atoms with Crippen LogP contribution in [0.25, 0.3) is 0 Å². The largest absolute Gasteiger partial charge is 0.379 e. The number of hydrogen-bond acceptors (Lipinski definition) is 3. The molecule has 1 rings (SSSR count). The Labute approximate surface area is 111 Å². The molecule has 0 aromatic heterocycles. The topological polar surface area (TPSA) is 43.8 Å². The molecule has 4 nitrogen and oxygen atoms in total. The first-order valence-corrected chi connectivity index (χ1v) is 6.88. The van der Waals surface area contributed by atoms with Crippen LogP contribution in [0.15, 0.2) is 0 Å². The van der Waals surface area contributed by atoms with Crippen molar-refractivity contribution in [3.8, 4) is 0 Å². The van der Waals surface area contributed by atoms with Crippen LogP contribution >= 0.6 is 0 Å². The summed E-state index contributed by atoms with van der Waals surface area (Å²) >= 11 is 0. The van der Waals surface area contributed by atoms with Crippen molar-refractivity contribution >= 4 is 5.91 Å². The first-order chi connectivity index (χ1) is 8.18. The number of aliphatic hydroxyl groups is 1. The summed E-state index contributed by atoms with van der Waals surface area (Å²) in [6.45, 7) is 11.1. The molecule has 1 amide bonds. The van der Waals surface area contributed by atoms with Gasteiger partial charge >= 0.3 is 0 Å². The number of amides is 1. The normalized spacial score (nSPS) is 25.9. The molecule has 4 heteroatoms. The van der Waals surface area contributed by atoms with Gasteiger partial charge in [0.15, 0.2) is 5.60 Å². The molecule has 1 saturated heterocycles. The van der Waals surface area contributed by atoms with Crippen LogP contribution in [0.3, 0.4) is 0 Å². The fourth-order valence-corrected chi connectivity index (χ4v) is 2.49. The second kappa shape index (κ2) is 5.57. The molecular weight excluding hydrogens is 228 g/mol. The Balaban J connectivity index is 2.74. The van der Waals surface area contributed by atoms with Gasteiger partial charge in [-0.05, 0) is 31.8 Å². The third-order valence-corrected chi connectivity index (χ3v) is 3.44. The lowest BCUT2D eigenvalue weighted by atomic mass is 9.88. The van der Waals surface area contributed by atoms with Crippen LogP contribution in [0.5, 0.6) is 0 Å². The summed E-state index contributed by atoms with van der Waals surface area (Å²) in [7, 11) is 1.94. The number of nitrogens with zero attached hydrogens (tertiary/aromatic N) is 2. The molecule has 1 heterocycles. The van der Waals surface area contributed by atoms with Crippen LogP contribution in [-0.4, -0.2) is 59.6 Å². The summed E-state index contributed by atoms with van der Waals surface area (Å²) in [5, 5.41) is 10.6. The van der Waals surface area contributed by atoms with Crippen LogP contribution < -0.4 is 0 Å². The van der Waals surface area contributed by atoms with Crippen LogP contribution in [0, 0.1) is 5.41 Å². The van der Waals surface area contributed by atoms with Gasteiger partial charge in [0.2, 0.25) is 0 Å². The molecule has 1 unspecified atom stereocenters. The first-order valence-electron chi connectivity index (χ1n) is 6.88. The minimum absolute atomic E-state index is 0.0740. The molecular formula is C14H28N2O2. The van der Waals surface area contributed by atoms with Gasteiger partial charge in [-0.2, -0.15) is 0 Å². The number of rotatable bonds is 4. The van der Waals surface area contributed by atoms with E-state index >= 15 is 0 Å². The van der Waals surface area contributed by atoms with Crippen LogP contribution in [-0.2, 0) is 4.79 Å². The van der Waals surface area contributed by atoms with Crippen molar-refractivity contribution in [3.63, 3.8) is 0 Å². The average Bonchev–Trinajstić information content (AvgIpc) is 2.23. The second-order valence-electron chi connectivity index (χ2n) is 6.75. The summed E-state index contributed by atoms with van der Waals surface area (Å²) in [5.74, 6) is -0.0935. The molecule has 106 valence electrons. The Hall–Kier alpha value is -0.610. The third-order valence-electron chi connectivity index (χ3n) is 3.44. The van der Waals surface area contributed by atoms with E-state index in [0.717, 1.165) is 19.5 Å². The zero-order valence-corrected chi connectivity index (χ0v) is 12.5. The molecule has 0 bridgehead atoms. The lowest BCUT2D eigenvalue weighted by Gasteiger charge is -2.42. The van der Waals surface area contributed by atoms with Crippen molar-refractivity contribution in [1.29, 1.82) is 0 Å². The summed E-state index contributed by atoms with van der Waals surface area (Å²) < 4.78 is 0. The SMILES string of the molecule is CCN(C)CC1(O)CCCN(CC(C)(C)C)C1=O. The van der Waals surface area contributed by atoms with E-state index in [9.17, 15) is 9.90 Å². The lowest BCUT2D eigenvalue weighted by Crippen LogP contribution is -2.59. The maximum absolute atomic E-state index is 12.4. The van der Waals surface area contributed by atoms with E-state index in [1.54, 1.807) is 0 Å². The number of hydrogen-bond donors (Lipinski definition) is 1. The van der Waals surface area contributed by atoms with Crippen molar-refractivity contribution in [3.05, 3.63) is 0 Å². The number of likely N-dealkylation sites (N-methyl/N-ethyl adjacent to an activating group) is 1. The summed E-state index contributed by atoms with van der Waals surface area (Å²) in [4.78, 5) is 16.3. The number of carbonyl (C=O) groups excluding carboxylic acids is 1. The fraction of sp³-hybridized carbons (Fsp3) is 0.929. The number of piperidine rings is 1. The van der Waals surface area contributed by atoms with Gasteiger partial charge in [0.1, 0.15) is 0 Å². The standard InChI is InChI=1S/C14H28N2O2/c1-6-15(5)11-14(18)8-7-9-16(12(14)17)10-13(2,3)4/h18H,6-11H2,1-5H3. The predicted molar refractivity (Wildman–Crippen MR) is 73.4 cm³/mol. The minimum Gasteiger partial charge on any atom is -0.379 e. The highest BCUT2D eigenvalue weighted by Gasteiger charge is 2.43. The quantitative estimate of drug-likeness (QED) is 0.825. The summed E-state index contributed by atoms with van der Waals surface area (Å²) in [5.41, 5.74) is -1.11. The Morgan fingerprint density at radius 3 is 2.56 bits per heavy atom. The Morgan fingerprint density at radius 2 is 2.06 bits per heavy atom. The van der Waals surface area contributed by atoms with E-state index in [2.05, 4.69) is 20.8 Å². The average molecular weight is 256 g/mol. The summed E-state index contributed by atoms with van der Waals surface area (Å²) in [6.07, 6.45) is 1.46. The molecule has 0 saturated carbocycles. The highest BCUT2D eigenvalue weighted by Crippen LogP contribution is 2.26. The molecule has 1 aliphatic heterocycles. The van der Waals surface area contributed by atoms with E-state index in [4.69, 9.17) is 0 Å². The zero-order chi connectivity index (χ0) is 14.0. The Morgan fingerprint density at radius 1 is 1.44 bits per heavy atom. The van der Waals surface area contributed by atoms with Gasteiger partial charge < -0.3 is 14.9 Å². The van der Waals surface area contributed by atoms with E-state index in [0.29, 0.717) is 19.5 Å². The van der Waals surface area contributed by atoms with Gasteiger partial charge in [-0.15, -0.1) is 0 Å².